The van der Waals surface area contributed by atoms with Crippen molar-refractivity contribution in [3.8, 4) is 22.3 Å². The number of esters is 1. The second-order valence-corrected chi connectivity index (χ2v) is 6.65. The van der Waals surface area contributed by atoms with E-state index in [1.165, 1.54) is 12.1 Å². The third-order valence-electron chi connectivity index (χ3n) is 4.97. The molecule has 152 valence electrons. The Bertz CT molecular complexity index is 1150. The molecule has 0 radical (unpaired) electrons. The molecular formula is C23H21N3O4. The number of nitrogens with zero attached hydrogens (tertiary/aromatic N) is 3. The molecule has 1 aromatic heterocycles. The molecule has 30 heavy (non-hydrogen) atoms. The van der Waals surface area contributed by atoms with Gasteiger partial charge in [-0.15, -0.1) is 0 Å². The Morgan fingerprint density at radius 1 is 1.13 bits per heavy atom. The Morgan fingerprint density at radius 2 is 1.80 bits per heavy atom. The molecule has 0 unspecified atom stereocenters. The molecule has 0 saturated heterocycles. The smallest absolute Gasteiger partial charge is 0.354 e. The number of non-ortho nitro benzene ring substituents is 1. The quantitative estimate of drug-likeness (QED) is 0.234. The zero-order chi connectivity index (χ0) is 21.8. The molecule has 2 aromatic carbocycles. The molecule has 7 heteroatoms. The van der Waals surface area contributed by atoms with Gasteiger partial charge in [0.15, 0.2) is 0 Å². The second kappa shape index (κ2) is 8.62. The lowest BCUT2D eigenvalue weighted by atomic mass is 9.99. The normalized spacial score (nSPS) is 10.5. The maximum Gasteiger partial charge on any atom is 0.354 e. The molecule has 0 atom stereocenters. The van der Waals surface area contributed by atoms with Crippen LogP contribution >= 0.6 is 0 Å². The highest BCUT2D eigenvalue weighted by Gasteiger charge is 2.26. The lowest BCUT2D eigenvalue weighted by Crippen LogP contribution is -2.12. The molecule has 7 nitrogen and oxygen atoms in total. The maximum atomic E-state index is 12.6. The highest BCUT2D eigenvalue weighted by Crippen LogP contribution is 2.40. The average Bonchev–Trinajstić information content (AvgIpc) is 3.05. The van der Waals surface area contributed by atoms with Gasteiger partial charge >= 0.3 is 5.97 Å². The summed E-state index contributed by atoms with van der Waals surface area (Å²) in [6, 6.07) is 13.7. The van der Waals surface area contributed by atoms with Crippen LogP contribution in [0, 0.1) is 16.7 Å². The van der Waals surface area contributed by atoms with Gasteiger partial charge in [-0.05, 0) is 30.0 Å². The van der Waals surface area contributed by atoms with Crippen LogP contribution in [0.5, 0.6) is 0 Å². The maximum absolute atomic E-state index is 12.6. The second-order valence-electron chi connectivity index (χ2n) is 6.65. The molecule has 0 aliphatic carbocycles. The van der Waals surface area contributed by atoms with Crippen molar-refractivity contribution in [2.75, 3.05) is 6.61 Å². The third-order valence-corrected chi connectivity index (χ3v) is 4.97. The van der Waals surface area contributed by atoms with Crippen LogP contribution in [0.3, 0.4) is 0 Å². The van der Waals surface area contributed by atoms with Gasteiger partial charge in [0, 0.05) is 30.4 Å². The summed E-state index contributed by atoms with van der Waals surface area (Å²) >= 11 is 0. The van der Waals surface area contributed by atoms with Crippen LogP contribution in [0.1, 0.15) is 30.0 Å². The van der Waals surface area contributed by atoms with Crippen LogP contribution in [0.15, 0.2) is 48.5 Å². The predicted octanol–water partition coefficient (Wildman–Crippen LogP) is 5.56. The predicted molar refractivity (Wildman–Crippen MR) is 115 cm³/mol. The molecule has 0 aliphatic heterocycles. The molecule has 0 N–H and O–H groups in total. The van der Waals surface area contributed by atoms with Crippen molar-refractivity contribution >= 4 is 17.3 Å². The van der Waals surface area contributed by atoms with E-state index in [-0.39, 0.29) is 12.3 Å². The first kappa shape index (κ1) is 20.8. The zero-order valence-electron chi connectivity index (χ0n) is 17.0. The number of hydrogen-bond donors (Lipinski definition) is 0. The van der Waals surface area contributed by atoms with Gasteiger partial charge < -0.3 is 9.30 Å². The summed E-state index contributed by atoms with van der Waals surface area (Å²) in [5.41, 5.74) is 4.36. The minimum atomic E-state index is -0.470. The minimum absolute atomic E-state index is 0.0205. The first-order chi connectivity index (χ1) is 14.4. The standard InChI is InChI=1S/C23H21N3O4/c1-5-19-21(24-3)20(22(25(19)4)23(27)30-6-2)16-12-10-15(11-13-16)17-8-7-9-18(14-17)26(28)29/h7-14H,5-6H2,1-2,4H3. The fourth-order valence-corrected chi connectivity index (χ4v) is 3.58. The van der Waals surface area contributed by atoms with E-state index in [0.29, 0.717) is 34.5 Å². The monoisotopic (exact) mass is 403 g/mol. The number of carbonyl (C=O) groups excluding carboxylic acids is 1. The number of hydrogen-bond acceptors (Lipinski definition) is 4. The van der Waals surface area contributed by atoms with Crippen molar-refractivity contribution in [3.05, 3.63) is 81.5 Å². The van der Waals surface area contributed by atoms with E-state index in [2.05, 4.69) is 4.85 Å². The Morgan fingerprint density at radius 3 is 2.37 bits per heavy atom. The fourth-order valence-electron chi connectivity index (χ4n) is 3.58. The van der Waals surface area contributed by atoms with Crippen molar-refractivity contribution in [1.82, 2.24) is 4.57 Å². The van der Waals surface area contributed by atoms with E-state index in [0.717, 1.165) is 11.3 Å². The SMILES string of the molecule is [C-]#[N+]c1c(-c2ccc(-c3cccc([N+](=O)[O-])c3)cc2)c(C(=O)OCC)n(C)c1CC. The van der Waals surface area contributed by atoms with Crippen LogP contribution in [-0.2, 0) is 18.2 Å². The largest absolute Gasteiger partial charge is 0.461 e. The van der Waals surface area contributed by atoms with Crippen LogP contribution in [0.25, 0.3) is 27.1 Å². The highest BCUT2D eigenvalue weighted by molar-refractivity contribution is 6.01. The molecule has 0 bridgehead atoms. The van der Waals surface area contributed by atoms with E-state index in [1.807, 2.05) is 31.2 Å². The van der Waals surface area contributed by atoms with E-state index >= 15 is 0 Å². The average molecular weight is 403 g/mol. The van der Waals surface area contributed by atoms with Crippen LogP contribution in [0.4, 0.5) is 11.4 Å². The summed E-state index contributed by atoms with van der Waals surface area (Å²) in [4.78, 5) is 27.0. The molecule has 3 aromatic rings. The number of rotatable bonds is 6. The Hall–Kier alpha value is -3.92. The Labute approximate surface area is 174 Å². The molecular weight excluding hydrogens is 382 g/mol. The van der Waals surface area contributed by atoms with E-state index in [4.69, 9.17) is 11.3 Å². The molecule has 0 saturated carbocycles. The van der Waals surface area contributed by atoms with Crippen LogP contribution in [-0.4, -0.2) is 22.1 Å². The van der Waals surface area contributed by atoms with Gasteiger partial charge in [-0.1, -0.05) is 43.3 Å². The highest BCUT2D eigenvalue weighted by atomic mass is 16.6. The molecule has 0 spiro atoms. The van der Waals surface area contributed by atoms with Gasteiger partial charge in [0.1, 0.15) is 5.69 Å². The molecule has 1 heterocycles. The third kappa shape index (κ3) is 3.67. The van der Waals surface area contributed by atoms with Crippen molar-refractivity contribution in [2.45, 2.75) is 20.3 Å². The van der Waals surface area contributed by atoms with Gasteiger partial charge in [-0.25, -0.2) is 9.64 Å². The molecule has 3 rings (SSSR count). The van der Waals surface area contributed by atoms with Gasteiger partial charge in [-0.2, -0.15) is 0 Å². The zero-order valence-corrected chi connectivity index (χ0v) is 17.0. The van der Waals surface area contributed by atoms with Crippen LogP contribution < -0.4 is 0 Å². The van der Waals surface area contributed by atoms with Gasteiger partial charge in [0.2, 0.25) is 5.69 Å². The van der Waals surface area contributed by atoms with Gasteiger partial charge in [0.05, 0.1) is 18.1 Å². The van der Waals surface area contributed by atoms with Gasteiger partial charge in [0.25, 0.3) is 5.69 Å². The summed E-state index contributed by atoms with van der Waals surface area (Å²) < 4.78 is 6.96. The van der Waals surface area contributed by atoms with E-state index < -0.39 is 10.9 Å². The number of ether oxygens (including phenoxy) is 1. The molecule has 0 amide bonds. The van der Waals surface area contributed by atoms with Crippen molar-refractivity contribution in [1.29, 1.82) is 0 Å². The molecule has 0 fully saturated rings. The summed E-state index contributed by atoms with van der Waals surface area (Å²) in [5.74, 6) is -0.470. The first-order valence-corrected chi connectivity index (χ1v) is 9.54. The van der Waals surface area contributed by atoms with E-state index in [9.17, 15) is 14.9 Å². The Balaban J connectivity index is 2.13. The van der Waals surface area contributed by atoms with Crippen molar-refractivity contribution in [2.24, 2.45) is 7.05 Å². The summed E-state index contributed by atoms with van der Waals surface area (Å²) in [5, 5.41) is 11.0. The number of nitro benzene ring substituents is 1. The molecule has 0 aliphatic rings. The minimum Gasteiger partial charge on any atom is -0.461 e. The van der Waals surface area contributed by atoms with Gasteiger partial charge in [-0.3, -0.25) is 10.1 Å². The number of aromatic nitrogens is 1. The lowest BCUT2D eigenvalue weighted by Gasteiger charge is -2.09. The van der Waals surface area contributed by atoms with E-state index in [1.54, 1.807) is 30.7 Å². The van der Waals surface area contributed by atoms with Crippen molar-refractivity contribution < 1.29 is 14.5 Å². The lowest BCUT2D eigenvalue weighted by molar-refractivity contribution is -0.384. The van der Waals surface area contributed by atoms with Crippen molar-refractivity contribution in [3.63, 3.8) is 0 Å². The van der Waals surface area contributed by atoms with Crippen LogP contribution in [0.2, 0.25) is 0 Å². The summed E-state index contributed by atoms with van der Waals surface area (Å²) in [7, 11) is 1.76. The topological polar surface area (TPSA) is 78.7 Å². The fraction of sp³-hybridized carbons (Fsp3) is 0.217. The summed E-state index contributed by atoms with van der Waals surface area (Å²) in [6.07, 6.45) is 0.604. The number of carbonyl (C=O) groups is 1. The number of nitro groups is 1. The Kier molecular flexibility index (Phi) is 5.98. The number of benzene rings is 2. The first-order valence-electron chi connectivity index (χ1n) is 9.54. The summed E-state index contributed by atoms with van der Waals surface area (Å²) in [6.45, 7) is 11.6.